The monoisotopic (exact) mass is 261 g/mol. The Kier molecular flexibility index (Phi) is 3.07. The van der Waals surface area contributed by atoms with Crippen LogP contribution in [0.4, 0.5) is 14.5 Å². The molecule has 0 bridgehead atoms. The highest BCUT2D eigenvalue weighted by Crippen LogP contribution is 2.34. The van der Waals surface area contributed by atoms with Gasteiger partial charge in [-0.1, -0.05) is 18.2 Å². The summed E-state index contributed by atoms with van der Waals surface area (Å²) in [5.74, 6) is -0.836. The number of benzene rings is 2. The Bertz CT molecular complexity index is 600. The van der Waals surface area contributed by atoms with Crippen molar-refractivity contribution in [1.82, 2.24) is 0 Å². The maximum atomic E-state index is 13.2. The van der Waals surface area contributed by atoms with E-state index in [1.807, 2.05) is 24.3 Å². The standard InChI is InChI=1S/C15H13F2NO/c16-12-6-5-10(9-13(12)17)18-14-7-8-19-15-4-2-1-3-11(14)15/h1-6,9,14,18H,7-8H2. The fraction of sp³-hybridized carbons (Fsp3) is 0.200. The molecular weight excluding hydrogens is 248 g/mol. The molecule has 0 saturated carbocycles. The van der Waals surface area contributed by atoms with Gasteiger partial charge in [0, 0.05) is 23.7 Å². The Morgan fingerprint density at radius 3 is 2.74 bits per heavy atom. The van der Waals surface area contributed by atoms with Crippen LogP contribution in [0.25, 0.3) is 0 Å². The Labute approximate surface area is 110 Å². The smallest absolute Gasteiger partial charge is 0.160 e. The third kappa shape index (κ3) is 2.38. The van der Waals surface area contributed by atoms with Crippen LogP contribution in [0.5, 0.6) is 5.75 Å². The van der Waals surface area contributed by atoms with Gasteiger partial charge in [-0.2, -0.15) is 0 Å². The Balaban J connectivity index is 1.86. The highest BCUT2D eigenvalue weighted by molar-refractivity contribution is 5.48. The van der Waals surface area contributed by atoms with Crippen molar-refractivity contribution in [2.24, 2.45) is 0 Å². The third-order valence-corrected chi connectivity index (χ3v) is 3.22. The highest BCUT2D eigenvalue weighted by atomic mass is 19.2. The average molecular weight is 261 g/mol. The number of anilines is 1. The first-order valence-corrected chi connectivity index (χ1v) is 6.17. The van der Waals surface area contributed by atoms with Crippen molar-refractivity contribution in [3.8, 4) is 5.75 Å². The van der Waals surface area contributed by atoms with Crippen molar-refractivity contribution in [1.29, 1.82) is 0 Å². The molecule has 3 rings (SSSR count). The zero-order chi connectivity index (χ0) is 13.2. The van der Waals surface area contributed by atoms with Crippen LogP contribution in [-0.4, -0.2) is 6.61 Å². The minimum Gasteiger partial charge on any atom is -0.493 e. The number of nitrogens with one attached hydrogen (secondary N) is 1. The second-order valence-electron chi connectivity index (χ2n) is 4.50. The maximum absolute atomic E-state index is 13.2. The van der Waals surface area contributed by atoms with Gasteiger partial charge in [-0.05, 0) is 18.2 Å². The van der Waals surface area contributed by atoms with E-state index in [-0.39, 0.29) is 6.04 Å². The van der Waals surface area contributed by atoms with Gasteiger partial charge in [0.15, 0.2) is 11.6 Å². The molecule has 1 N–H and O–H groups in total. The number of hydrogen-bond acceptors (Lipinski definition) is 2. The van der Waals surface area contributed by atoms with Gasteiger partial charge in [-0.25, -0.2) is 8.78 Å². The highest BCUT2D eigenvalue weighted by Gasteiger charge is 2.20. The summed E-state index contributed by atoms with van der Waals surface area (Å²) in [7, 11) is 0. The summed E-state index contributed by atoms with van der Waals surface area (Å²) in [4.78, 5) is 0. The molecule has 0 saturated heterocycles. The lowest BCUT2D eigenvalue weighted by Crippen LogP contribution is -2.20. The molecule has 0 amide bonds. The van der Waals surface area contributed by atoms with E-state index < -0.39 is 11.6 Å². The molecule has 0 spiro atoms. The molecule has 19 heavy (non-hydrogen) atoms. The van der Waals surface area contributed by atoms with Gasteiger partial charge in [-0.15, -0.1) is 0 Å². The molecule has 1 unspecified atom stereocenters. The molecule has 0 fully saturated rings. The van der Waals surface area contributed by atoms with E-state index in [1.54, 1.807) is 0 Å². The average Bonchev–Trinajstić information content (AvgIpc) is 2.43. The molecule has 0 aromatic heterocycles. The molecule has 1 atom stereocenters. The molecule has 2 aromatic carbocycles. The topological polar surface area (TPSA) is 21.3 Å². The van der Waals surface area contributed by atoms with Crippen molar-refractivity contribution in [3.05, 3.63) is 59.7 Å². The third-order valence-electron chi connectivity index (χ3n) is 3.22. The van der Waals surface area contributed by atoms with E-state index in [2.05, 4.69) is 5.32 Å². The maximum Gasteiger partial charge on any atom is 0.160 e. The molecule has 2 aromatic rings. The summed E-state index contributed by atoms with van der Waals surface area (Å²) in [6, 6.07) is 11.6. The van der Waals surface area contributed by atoms with Gasteiger partial charge in [0.05, 0.1) is 12.6 Å². The van der Waals surface area contributed by atoms with Crippen molar-refractivity contribution < 1.29 is 13.5 Å². The molecule has 98 valence electrons. The number of halogens is 2. The van der Waals surface area contributed by atoms with Crippen molar-refractivity contribution in [2.75, 3.05) is 11.9 Å². The van der Waals surface area contributed by atoms with Crippen LogP contribution in [-0.2, 0) is 0 Å². The van der Waals surface area contributed by atoms with Crippen LogP contribution in [0.3, 0.4) is 0 Å². The summed E-state index contributed by atoms with van der Waals surface area (Å²) in [6.45, 7) is 0.609. The lowest BCUT2D eigenvalue weighted by atomic mass is 10.0. The number of hydrogen-bond donors (Lipinski definition) is 1. The van der Waals surface area contributed by atoms with E-state index in [0.29, 0.717) is 12.3 Å². The zero-order valence-electron chi connectivity index (χ0n) is 10.2. The van der Waals surface area contributed by atoms with Crippen LogP contribution >= 0.6 is 0 Å². The van der Waals surface area contributed by atoms with E-state index in [4.69, 9.17) is 4.74 Å². The Morgan fingerprint density at radius 2 is 1.89 bits per heavy atom. The van der Waals surface area contributed by atoms with Gasteiger partial charge in [-0.3, -0.25) is 0 Å². The molecule has 4 heteroatoms. The molecule has 2 nitrogen and oxygen atoms in total. The molecule has 1 heterocycles. The van der Waals surface area contributed by atoms with Crippen LogP contribution in [0.1, 0.15) is 18.0 Å². The van der Waals surface area contributed by atoms with Gasteiger partial charge < -0.3 is 10.1 Å². The lowest BCUT2D eigenvalue weighted by molar-refractivity contribution is 0.274. The van der Waals surface area contributed by atoms with E-state index in [9.17, 15) is 8.78 Å². The fourth-order valence-corrected chi connectivity index (χ4v) is 2.28. The van der Waals surface area contributed by atoms with Crippen LogP contribution in [0.2, 0.25) is 0 Å². The molecule has 0 radical (unpaired) electrons. The van der Waals surface area contributed by atoms with Crippen molar-refractivity contribution >= 4 is 5.69 Å². The second kappa shape index (κ2) is 4.88. The van der Waals surface area contributed by atoms with Crippen LogP contribution in [0, 0.1) is 11.6 Å². The van der Waals surface area contributed by atoms with Crippen LogP contribution in [0.15, 0.2) is 42.5 Å². The van der Waals surface area contributed by atoms with Gasteiger partial charge in [0.2, 0.25) is 0 Å². The predicted molar refractivity (Wildman–Crippen MR) is 69.3 cm³/mol. The lowest BCUT2D eigenvalue weighted by Gasteiger charge is -2.27. The first-order chi connectivity index (χ1) is 9.24. The minimum atomic E-state index is -0.842. The van der Waals surface area contributed by atoms with Gasteiger partial charge >= 0.3 is 0 Å². The van der Waals surface area contributed by atoms with E-state index in [1.165, 1.54) is 12.1 Å². The normalized spacial score (nSPS) is 17.5. The largest absolute Gasteiger partial charge is 0.493 e. The number of fused-ring (bicyclic) bond motifs is 1. The summed E-state index contributed by atoms with van der Waals surface area (Å²) in [6.07, 6.45) is 0.788. The summed E-state index contributed by atoms with van der Waals surface area (Å²) in [5.41, 5.74) is 1.61. The predicted octanol–water partition coefficient (Wildman–Crippen LogP) is 3.90. The quantitative estimate of drug-likeness (QED) is 0.885. The Morgan fingerprint density at radius 1 is 1.05 bits per heavy atom. The summed E-state index contributed by atoms with van der Waals surface area (Å²) in [5, 5.41) is 3.22. The first-order valence-electron chi connectivity index (χ1n) is 6.17. The number of rotatable bonds is 2. The SMILES string of the molecule is Fc1ccc(NC2CCOc3ccccc32)cc1F. The first kappa shape index (κ1) is 12.0. The Hall–Kier alpha value is -2.10. The number of para-hydroxylation sites is 1. The molecule has 1 aliphatic rings. The molecule has 1 aliphatic heterocycles. The number of ether oxygens (including phenoxy) is 1. The summed E-state index contributed by atoms with van der Waals surface area (Å²) < 4.78 is 31.6. The van der Waals surface area contributed by atoms with Crippen molar-refractivity contribution in [2.45, 2.75) is 12.5 Å². The fourth-order valence-electron chi connectivity index (χ4n) is 2.28. The molecular formula is C15H13F2NO. The van der Waals surface area contributed by atoms with Crippen LogP contribution < -0.4 is 10.1 Å². The van der Waals surface area contributed by atoms with E-state index in [0.717, 1.165) is 23.8 Å². The van der Waals surface area contributed by atoms with Gasteiger partial charge in [0.1, 0.15) is 5.75 Å². The van der Waals surface area contributed by atoms with Gasteiger partial charge in [0.25, 0.3) is 0 Å². The summed E-state index contributed by atoms with van der Waals surface area (Å²) >= 11 is 0. The molecule has 0 aliphatic carbocycles. The zero-order valence-corrected chi connectivity index (χ0v) is 10.2. The second-order valence-corrected chi connectivity index (χ2v) is 4.50. The minimum absolute atomic E-state index is 0.0508. The van der Waals surface area contributed by atoms with E-state index >= 15 is 0 Å². The van der Waals surface area contributed by atoms with Crippen molar-refractivity contribution in [3.63, 3.8) is 0 Å².